The summed E-state index contributed by atoms with van der Waals surface area (Å²) in [7, 11) is 0.453. The molecule has 2 aromatic carbocycles. The highest BCUT2D eigenvalue weighted by Gasteiger charge is 2.35. The van der Waals surface area contributed by atoms with Gasteiger partial charge in [-0.1, -0.05) is 30.3 Å². The second kappa shape index (κ2) is 6.05. The topological polar surface area (TPSA) is 42.4 Å². The highest BCUT2D eigenvalue weighted by molar-refractivity contribution is 7.26. The van der Waals surface area contributed by atoms with E-state index in [1.807, 2.05) is 26.1 Å². The molecule has 0 radical (unpaired) electrons. The van der Waals surface area contributed by atoms with Gasteiger partial charge in [-0.25, -0.2) is 4.98 Å². The minimum atomic E-state index is -0.922. The Kier molecular flexibility index (Phi) is 4.06. The molecule has 0 aliphatic rings. The molecule has 0 fully saturated rings. The van der Waals surface area contributed by atoms with E-state index in [0.29, 0.717) is 7.48 Å². The van der Waals surface area contributed by atoms with Crippen LogP contribution >= 0.6 is 11.3 Å². The fourth-order valence-corrected chi connectivity index (χ4v) is 4.30. The largest absolute Gasteiger partial charge is 0.427 e. The van der Waals surface area contributed by atoms with Crippen molar-refractivity contribution < 1.29 is 9.76 Å². The van der Waals surface area contributed by atoms with E-state index >= 15 is 0 Å². The summed E-state index contributed by atoms with van der Waals surface area (Å²) in [6.07, 6.45) is 1.84. The fraction of sp³-hybridized carbons (Fsp3) is 0.286. The number of hydrogen-bond acceptors (Lipinski definition) is 4. The Balaban J connectivity index is 1.87. The van der Waals surface area contributed by atoms with Crippen molar-refractivity contribution >= 4 is 55.4 Å². The van der Waals surface area contributed by atoms with Crippen LogP contribution in [0.3, 0.4) is 0 Å². The number of aliphatic hydroxyl groups is 1. The van der Waals surface area contributed by atoms with Crippen molar-refractivity contribution in [1.29, 1.82) is 0 Å². The van der Waals surface area contributed by atoms with Crippen LogP contribution in [0.25, 0.3) is 31.1 Å². The zero-order valence-corrected chi connectivity index (χ0v) is 16.4. The van der Waals surface area contributed by atoms with Crippen LogP contribution < -0.4 is 5.46 Å². The molecule has 0 atom stereocenters. The lowest BCUT2D eigenvalue weighted by atomic mass is 9.80. The minimum Gasteiger partial charge on any atom is -0.427 e. The second-order valence-corrected chi connectivity index (χ2v) is 8.77. The molecule has 0 amide bonds. The van der Waals surface area contributed by atoms with Gasteiger partial charge in [-0.3, -0.25) is 0 Å². The highest BCUT2D eigenvalue weighted by atomic mass is 32.1. The van der Waals surface area contributed by atoms with E-state index in [1.165, 1.54) is 26.2 Å². The standard InChI is InChI=1S/C21H22BNO2S/c1-20(2,24)21(3,4)25-22-16-9-5-7-13-10-11-14-15-8-6-12-23-19(15)26-18(14)17(13)16/h5-12,22,24H,1-4H3. The van der Waals surface area contributed by atoms with Crippen LogP contribution in [0.15, 0.2) is 48.7 Å². The minimum absolute atomic E-state index is 0.453. The van der Waals surface area contributed by atoms with Crippen molar-refractivity contribution in [3.63, 3.8) is 0 Å². The van der Waals surface area contributed by atoms with Gasteiger partial charge >= 0.3 is 7.48 Å². The normalized spacial score (nSPS) is 13.0. The van der Waals surface area contributed by atoms with Gasteiger partial charge in [0, 0.05) is 21.7 Å². The van der Waals surface area contributed by atoms with Crippen LogP contribution in [0.2, 0.25) is 0 Å². The first-order valence-electron chi connectivity index (χ1n) is 8.82. The van der Waals surface area contributed by atoms with Gasteiger partial charge in [-0.15, -0.1) is 11.3 Å². The summed E-state index contributed by atoms with van der Waals surface area (Å²) in [4.78, 5) is 5.58. The lowest BCUT2D eigenvalue weighted by molar-refractivity contribution is -0.0893. The van der Waals surface area contributed by atoms with E-state index < -0.39 is 11.2 Å². The number of benzene rings is 2. The summed E-state index contributed by atoms with van der Waals surface area (Å²) in [5.74, 6) is 0. The van der Waals surface area contributed by atoms with Gasteiger partial charge < -0.3 is 9.76 Å². The maximum Gasteiger partial charge on any atom is 0.310 e. The van der Waals surface area contributed by atoms with Gasteiger partial charge in [0.05, 0.1) is 11.2 Å². The predicted molar refractivity (Wildman–Crippen MR) is 113 cm³/mol. The van der Waals surface area contributed by atoms with E-state index in [2.05, 4.69) is 41.4 Å². The Labute approximate surface area is 157 Å². The van der Waals surface area contributed by atoms with Gasteiger partial charge in [-0.05, 0) is 56.1 Å². The Morgan fingerprint density at radius 3 is 2.58 bits per heavy atom. The zero-order chi connectivity index (χ0) is 18.5. The summed E-state index contributed by atoms with van der Waals surface area (Å²) < 4.78 is 7.40. The molecule has 0 unspecified atom stereocenters. The summed E-state index contributed by atoms with van der Waals surface area (Å²) in [6, 6.07) is 14.8. The number of pyridine rings is 1. The summed E-state index contributed by atoms with van der Waals surface area (Å²) in [5, 5.41) is 15.2. The first-order chi connectivity index (χ1) is 12.3. The van der Waals surface area contributed by atoms with Crippen LogP contribution in [0.4, 0.5) is 0 Å². The molecule has 0 aliphatic carbocycles. The van der Waals surface area contributed by atoms with Gasteiger partial charge in [0.2, 0.25) is 0 Å². The van der Waals surface area contributed by atoms with E-state index in [9.17, 15) is 5.11 Å². The number of fused-ring (bicyclic) bond motifs is 5. The Morgan fingerprint density at radius 2 is 1.81 bits per heavy atom. The molecule has 5 heteroatoms. The smallest absolute Gasteiger partial charge is 0.310 e. The molecular weight excluding hydrogens is 341 g/mol. The van der Waals surface area contributed by atoms with Crippen molar-refractivity contribution in [2.24, 2.45) is 0 Å². The molecule has 3 nitrogen and oxygen atoms in total. The average Bonchev–Trinajstić information content (AvgIpc) is 2.97. The molecule has 4 rings (SSSR count). The van der Waals surface area contributed by atoms with Crippen LogP contribution in [-0.2, 0) is 4.65 Å². The van der Waals surface area contributed by atoms with Gasteiger partial charge in [0.15, 0.2) is 0 Å². The predicted octanol–water partition coefficient (Wildman–Crippen LogP) is 4.15. The van der Waals surface area contributed by atoms with E-state index in [4.69, 9.17) is 4.65 Å². The fourth-order valence-electron chi connectivity index (χ4n) is 3.07. The van der Waals surface area contributed by atoms with Gasteiger partial charge in [0.1, 0.15) is 4.83 Å². The quantitative estimate of drug-likeness (QED) is 0.554. The lowest BCUT2D eigenvalue weighted by Crippen LogP contribution is -2.49. The Hall–Kier alpha value is -1.95. The highest BCUT2D eigenvalue weighted by Crippen LogP contribution is 2.36. The Morgan fingerprint density at radius 1 is 1.00 bits per heavy atom. The monoisotopic (exact) mass is 363 g/mol. The molecule has 0 spiro atoms. The van der Waals surface area contributed by atoms with E-state index in [-0.39, 0.29) is 0 Å². The maximum atomic E-state index is 10.4. The average molecular weight is 363 g/mol. The van der Waals surface area contributed by atoms with Gasteiger partial charge in [-0.2, -0.15) is 0 Å². The third-order valence-corrected chi connectivity index (χ3v) is 6.55. The molecule has 2 heterocycles. The molecular formula is C21H22BNO2S. The summed E-state index contributed by atoms with van der Waals surface area (Å²) in [5.41, 5.74) is -0.434. The number of thiophene rings is 1. The zero-order valence-electron chi connectivity index (χ0n) is 15.5. The molecule has 132 valence electrons. The molecule has 26 heavy (non-hydrogen) atoms. The van der Waals surface area contributed by atoms with E-state index in [0.717, 1.165) is 10.3 Å². The van der Waals surface area contributed by atoms with Crippen molar-refractivity contribution in [2.45, 2.75) is 38.9 Å². The van der Waals surface area contributed by atoms with Crippen LogP contribution in [0, 0.1) is 0 Å². The number of hydrogen-bond donors (Lipinski definition) is 1. The molecule has 1 N–H and O–H groups in total. The number of rotatable bonds is 4. The molecule has 0 bridgehead atoms. The summed E-state index contributed by atoms with van der Waals surface area (Å²) >= 11 is 1.73. The maximum absolute atomic E-state index is 10.4. The number of nitrogens with zero attached hydrogens (tertiary/aromatic N) is 1. The van der Waals surface area contributed by atoms with Crippen LogP contribution in [0.5, 0.6) is 0 Å². The lowest BCUT2D eigenvalue weighted by Gasteiger charge is -2.37. The van der Waals surface area contributed by atoms with Crippen LogP contribution in [0.1, 0.15) is 27.7 Å². The van der Waals surface area contributed by atoms with Crippen molar-refractivity contribution in [2.75, 3.05) is 0 Å². The molecule has 0 aliphatic heterocycles. The first-order valence-corrected chi connectivity index (χ1v) is 9.64. The third-order valence-electron chi connectivity index (χ3n) is 5.41. The second-order valence-electron chi connectivity index (χ2n) is 7.77. The SMILES string of the molecule is CC(C)(O)C(C)(C)OBc1cccc2ccc3c4cccnc4sc3c12. The van der Waals surface area contributed by atoms with Crippen molar-refractivity contribution in [3.8, 4) is 0 Å². The van der Waals surface area contributed by atoms with Crippen molar-refractivity contribution in [1.82, 2.24) is 4.98 Å². The van der Waals surface area contributed by atoms with Crippen LogP contribution in [-0.4, -0.2) is 28.8 Å². The summed E-state index contributed by atoms with van der Waals surface area (Å²) in [6.45, 7) is 7.42. The molecule has 0 saturated carbocycles. The third kappa shape index (κ3) is 2.80. The Bertz CT molecular complexity index is 1110. The van der Waals surface area contributed by atoms with Crippen molar-refractivity contribution in [3.05, 3.63) is 48.7 Å². The first kappa shape index (κ1) is 17.5. The molecule has 2 aromatic heterocycles. The number of aromatic nitrogens is 1. The van der Waals surface area contributed by atoms with E-state index in [1.54, 1.807) is 25.2 Å². The molecule has 0 saturated heterocycles. The van der Waals surface area contributed by atoms with Gasteiger partial charge in [0.25, 0.3) is 0 Å². The molecule has 4 aromatic rings.